The topological polar surface area (TPSA) is 91.0 Å². The molecule has 1 aromatic heterocycles. The zero-order chi connectivity index (χ0) is 20.9. The molecule has 5 rings (SSSR count). The van der Waals surface area contributed by atoms with E-state index in [-0.39, 0.29) is 23.1 Å². The largest absolute Gasteiger partial charge is 0.506 e. The molecule has 2 N–H and O–H groups in total. The summed E-state index contributed by atoms with van der Waals surface area (Å²) in [7, 11) is 0. The summed E-state index contributed by atoms with van der Waals surface area (Å²) in [5, 5.41) is 22.8. The van der Waals surface area contributed by atoms with Crippen LogP contribution in [0.2, 0.25) is 0 Å². The van der Waals surface area contributed by atoms with Crippen molar-refractivity contribution in [3.63, 3.8) is 0 Å². The maximum atomic E-state index is 13.5. The summed E-state index contributed by atoms with van der Waals surface area (Å²) in [5.41, 5.74) is -2.07. The molecule has 1 aliphatic rings. The predicted molar refractivity (Wildman–Crippen MR) is 111 cm³/mol. The van der Waals surface area contributed by atoms with E-state index in [2.05, 4.69) is 0 Å². The molecule has 0 saturated carbocycles. The molecule has 1 aliphatic heterocycles. The fourth-order valence-corrected chi connectivity index (χ4v) is 4.05. The molecule has 148 valence electrons. The van der Waals surface area contributed by atoms with Crippen molar-refractivity contribution in [2.75, 3.05) is 4.90 Å². The van der Waals surface area contributed by atoms with E-state index in [0.29, 0.717) is 5.69 Å². The number of nitrogens with zero attached hydrogens (tertiary/aromatic N) is 1. The van der Waals surface area contributed by atoms with Crippen LogP contribution in [-0.2, 0) is 16.9 Å². The van der Waals surface area contributed by atoms with E-state index in [1.165, 1.54) is 11.0 Å². The van der Waals surface area contributed by atoms with E-state index >= 15 is 0 Å². The molecule has 0 fully saturated rings. The highest BCUT2D eigenvalue weighted by atomic mass is 16.4. The summed E-state index contributed by atoms with van der Waals surface area (Å²) in [6, 6.07) is 22.5. The third kappa shape index (κ3) is 2.47. The first-order chi connectivity index (χ1) is 14.5. The zero-order valence-corrected chi connectivity index (χ0v) is 15.8. The van der Waals surface area contributed by atoms with E-state index in [1.807, 2.05) is 30.3 Å². The van der Waals surface area contributed by atoms with Gasteiger partial charge in [-0.25, -0.2) is 4.79 Å². The van der Waals surface area contributed by atoms with Gasteiger partial charge in [0.05, 0.1) is 17.6 Å². The van der Waals surface area contributed by atoms with Crippen LogP contribution < -0.4 is 10.5 Å². The van der Waals surface area contributed by atoms with Crippen molar-refractivity contribution in [3.8, 4) is 5.75 Å². The van der Waals surface area contributed by atoms with Gasteiger partial charge >= 0.3 is 5.63 Å². The van der Waals surface area contributed by atoms with Gasteiger partial charge in [0.2, 0.25) is 5.60 Å². The van der Waals surface area contributed by atoms with Crippen LogP contribution in [-0.4, -0.2) is 16.1 Å². The standard InChI is InChI=1S/C24H17NO5/c26-21-16-10-4-7-13-19(16)30-22(27)20(21)24(29)17-11-5-6-12-18(17)25(23(24)28)14-15-8-2-1-3-9-15/h1-13,26,29H,14H2. The Hall–Kier alpha value is -3.90. The van der Waals surface area contributed by atoms with Gasteiger partial charge in [0.25, 0.3) is 5.91 Å². The summed E-state index contributed by atoms with van der Waals surface area (Å²) >= 11 is 0. The monoisotopic (exact) mass is 399 g/mol. The third-order valence-corrected chi connectivity index (χ3v) is 5.47. The Bertz CT molecular complexity index is 1340. The van der Waals surface area contributed by atoms with Gasteiger partial charge in [-0.2, -0.15) is 0 Å². The number of anilines is 1. The minimum absolute atomic E-state index is 0.173. The lowest BCUT2D eigenvalue weighted by Gasteiger charge is -2.23. The molecule has 0 saturated heterocycles. The Kier molecular flexibility index (Phi) is 3.98. The molecular weight excluding hydrogens is 382 g/mol. The van der Waals surface area contributed by atoms with Gasteiger partial charge in [-0.15, -0.1) is 0 Å². The van der Waals surface area contributed by atoms with Gasteiger partial charge in [0.1, 0.15) is 16.9 Å². The van der Waals surface area contributed by atoms with Crippen LogP contribution in [0.25, 0.3) is 11.0 Å². The Morgan fingerprint density at radius 1 is 0.867 bits per heavy atom. The van der Waals surface area contributed by atoms with Crippen molar-refractivity contribution < 1.29 is 19.4 Å². The SMILES string of the molecule is O=C1N(Cc2ccccc2)c2ccccc2C1(O)c1c(O)c2ccccc2oc1=O. The molecule has 0 spiro atoms. The van der Waals surface area contributed by atoms with Crippen LogP contribution in [0.4, 0.5) is 5.69 Å². The first kappa shape index (κ1) is 18.1. The lowest BCUT2D eigenvalue weighted by molar-refractivity contribution is -0.132. The molecule has 3 aromatic carbocycles. The van der Waals surface area contributed by atoms with Gasteiger partial charge in [0, 0.05) is 5.56 Å². The maximum Gasteiger partial charge on any atom is 0.347 e. The minimum Gasteiger partial charge on any atom is -0.506 e. The molecule has 6 heteroatoms. The summed E-state index contributed by atoms with van der Waals surface area (Å²) in [5.74, 6) is -1.18. The quantitative estimate of drug-likeness (QED) is 0.516. The molecule has 4 aromatic rings. The number of para-hydroxylation sites is 2. The minimum atomic E-state index is -2.36. The van der Waals surface area contributed by atoms with Gasteiger partial charge < -0.3 is 19.5 Å². The number of hydrogen-bond acceptors (Lipinski definition) is 5. The molecule has 1 amide bonds. The highest BCUT2D eigenvalue weighted by Gasteiger charge is 2.54. The van der Waals surface area contributed by atoms with Crippen LogP contribution >= 0.6 is 0 Å². The summed E-state index contributed by atoms with van der Waals surface area (Å²) < 4.78 is 5.32. The van der Waals surface area contributed by atoms with Crippen LogP contribution in [0.1, 0.15) is 16.7 Å². The van der Waals surface area contributed by atoms with Crippen LogP contribution in [0.15, 0.2) is 88.1 Å². The van der Waals surface area contributed by atoms with Crippen molar-refractivity contribution >= 4 is 22.6 Å². The normalized spacial score (nSPS) is 18.0. The van der Waals surface area contributed by atoms with Crippen LogP contribution in [0, 0.1) is 0 Å². The highest BCUT2D eigenvalue weighted by Crippen LogP contribution is 2.47. The number of hydrogen-bond donors (Lipinski definition) is 2. The number of carbonyl (C=O) groups excluding carboxylic acids is 1. The lowest BCUT2D eigenvalue weighted by atomic mass is 9.87. The number of carbonyl (C=O) groups is 1. The van der Waals surface area contributed by atoms with Gasteiger partial charge in [-0.3, -0.25) is 4.79 Å². The van der Waals surface area contributed by atoms with Crippen molar-refractivity contribution in [2.24, 2.45) is 0 Å². The second kappa shape index (κ2) is 6.57. The van der Waals surface area contributed by atoms with Crippen molar-refractivity contribution in [3.05, 3.63) is 106 Å². The van der Waals surface area contributed by atoms with E-state index < -0.39 is 28.4 Å². The molecule has 1 atom stereocenters. The highest BCUT2D eigenvalue weighted by molar-refractivity contribution is 6.09. The van der Waals surface area contributed by atoms with Crippen molar-refractivity contribution in [1.82, 2.24) is 0 Å². The number of aromatic hydroxyl groups is 1. The average molecular weight is 399 g/mol. The molecular formula is C24H17NO5. The smallest absolute Gasteiger partial charge is 0.347 e. The number of amides is 1. The number of benzene rings is 3. The van der Waals surface area contributed by atoms with Crippen LogP contribution in [0.3, 0.4) is 0 Å². The lowest BCUT2D eigenvalue weighted by Crippen LogP contribution is -2.43. The van der Waals surface area contributed by atoms with Crippen LogP contribution in [0.5, 0.6) is 5.75 Å². The summed E-state index contributed by atoms with van der Waals surface area (Å²) in [6.45, 7) is 0.207. The van der Waals surface area contributed by atoms with E-state index in [0.717, 1.165) is 5.56 Å². The number of rotatable bonds is 3. The maximum absolute atomic E-state index is 13.5. The van der Waals surface area contributed by atoms with Crippen molar-refractivity contribution in [2.45, 2.75) is 12.1 Å². The summed E-state index contributed by atoms with van der Waals surface area (Å²) in [4.78, 5) is 27.7. The van der Waals surface area contributed by atoms with Gasteiger partial charge in [0.15, 0.2) is 0 Å². The first-order valence-corrected chi connectivity index (χ1v) is 9.45. The fourth-order valence-electron chi connectivity index (χ4n) is 4.05. The molecule has 0 bridgehead atoms. The van der Waals surface area contributed by atoms with Gasteiger partial charge in [-0.05, 0) is 23.8 Å². The van der Waals surface area contributed by atoms with Gasteiger partial charge in [-0.1, -0.05) is 60.7 Å². The average Bonchev–Trinajstić information content (AvgIpc) is 2.97. The number of fused-ring (bicyclic) bond motifs is 2. The van der Waals surface area contributed by atoms with Crippen molar-refractivity contribution in [1.29, 1.82) is 0 Å². The summed E-state index contributed by atoms with van der Waals surface area (Å²) in [6.07, 6.45) is 0. The molecule has 2 heterocycles. The predicted octanol–water partition coefficient (Wildman–Crippen LogP) is 3.28. The van der Waals surface area contributed by atoms with E-state index in [9.17, 15) is 19.8 Å². The molecule has 0 radical (unpaired) electrons. The Labute approximate surface area is 171 Å². The second-order valence-electron chi connectivity index (χ2n) is 7.21. The molecule has 0 aliphatic carbocycles. The molecule has 6 nitrogen and oxygen atoms in total. The first-order valence-electron chi connectivity index (χ1n) is 9.45. The third-order valence-electron chi connectivity index (χ3n) is 5.47. The Morgan fingerprint density at radius 2 is 1.53 bits per heavy atom. The second-order valence-corrected chi connectivity index (χ2v) is 7.21. The zero-order valence-electron chi connectivity index (χ0n) is 15.8. The molecule has 1 unspecified atom stereocenters. The fraction of sp³-hybridized carbons (Fsp3) is 0.0833. The Morgan fingerprint density at radius 3 is 2.33 bits per heavy atom. The molecule has 30 heavy (non-hydrogen) atoms. The van der Waals surface area contributed by atoms with E-state index in [1.54, 1.807) is 42.5 Å². The Balaban J connectivity index is 1.74. The van der Waals surface area contributed by atoms with E-state index in [4.69, 9.17) is 4.42 Å². The number of aliphatic hydroxyl groups is 1.